The molecule has 0 radical (unpaired) electrons. The number of carbonyl (C=O) groups is 1. The number of benzene rings is 2. The second kappa shape index (κ2) is 7.72. The van der Waals surface area contributed by atoms with Gasteiger partial charge in [-0.2, -0.15) is 0 Å². The van der Waals surface area contributed by atoms with Gasteiger partial charge in [0.2, 0.25) is 0 Å². The number of aromatic nitrogens is 3. The van der Waals surface area contributed by atoms with Crippen LogP contribution in [0.4, 0.5) is 4.39 Å². The first-order valence-electron chi connectivity index (χ1n) is 11.6. The molecule has 1 saturated carbocycles. The summed E-state index contributed by atoms with van der Waals surface area (Å²) < 4.78 is 16.4. The van der Waals surface area contributed by atoms with Crippen molar-refractivity contribution in [2.45, 2.75) is 59.4 Å². The van der Waals surface area contributed by atoms with Gasteiger partial charge in [0.05, 0.1) is 16.6 Å². The van der Waals surface area contributed by atoms with Gasteiger partial charge in [-0.15, -0.1) is 0 Å². The Labute approximate surface area is 192 Å². The molecule has 6 heteroatoms. The summed E-state index contributed by atoms with van der Waals surface area (Å²) in [6.45, 7) is 8.96. The van der Waals surface area contributed by atoms with Gasteiger partial charge in [0.25, 0.3) is 0 Å². The first kappa shape index (κ1) is 21.7. The first-order valence-corrected chi connectivity index (χ1v) is 11.6. The summed E-state index contributed by atoms with van der Waals surface area (Å²) in [7, 11) is 0. The molecule has 1 fully saturated rings. The van der Waals surface area contributed by atoms with Crippen LogP contribution in [0.25, 0.3) is 21.9 Å². The number of carboxylic acids is 1. The van der Waals surface area contributed by atoms with Gasteiger partial charge in [-0.3, -0.25) is 0 Å². The van der Waals surface area contributed by atoms with E-state index >= 15 is 0 Å². The van der Waals surface area contributed by atoms with E-state index in [0.29, 0.717) is 17.9 Å². The predicted molar refractivity (Wildman–Crippen MR) is 128 cm³/mol. The fourth-order valence-corrected chi connectivity index (χ4v) is 6.05. The molecular formula is C27H30FN3O2. The molecule has 5 nitrogen and oxygen atoms in total. The molecule has 4 aromatic rings. The van der Waals surface area contributed by atoms with Gasteiger partial charge >= 0.3 is 5.97 Å². The average Bonchev–Trinajstić information content (AvgIpc) is 3.23. The molecule has 0 bridgehead atoms. The molecule has 2 aromatic heterocycles. The standard InChI is InChI=1S/C27H30FN3O2/c1-15-9-19(14-27(3,4)13-15)31-24-8-5-17(26(32)33)10-23(24)30-25(31)12-20-16(2)29-22-7-6-18(28)11-21(20)22/h5-8,10-11,15,19,29H,9,12-14H2,1-4H3,(H,32,33). The van der Waals surface area contributed by atoms with Crippen LogP contribution in [0.2, 0.25) is 0 Å². The number of imidazole rings is 1. The molecule has 0 aliphatic heterocycles. The molecule has 1 aliphatic carbocycles. The van der Waals surface area contributed by atoms with E-state index in [1.165, 1.54) is 12.5 Å². The highest BCUT2D eigenvalue weighted by atomic mass is 19.1. The normalized spacial score (nSPS) is 20.5. The largest absolute Gasteiger partial charge is 0.478 e. The lowest BCUT2D eigenvalue weighted by Crippen LogP contribution is -2.30. The molecule has 0 spiro atoms. The van der Waals surface area contributed by atoms with Crippen molar-refractivity contribution < 1.29 is 14.3 Å². The van der Waals surface area contributed by atoms with E-state index in [2.05, 4.69) is 30.3 Å². The maximum atomic E-state index is 14.1. The topological polar surface area (TPSA) is 70.9 Å². The number of hydrogen-bond donors (Lipinski definition) is 2. The third kappa shape index (κ3) is 3.92. The number of nitrogens with one attached hydrogen (secondary N) is 1. The monoisotopic (exact) mass is 447 g/mol. The number of fused-ring (bicyclic) bond motifs is 2. The average molecular weight is 448 g/mol. The third-order valence-corrected chi connectivity index (χ3v) is 7.15. The van der Waals surface area contributed by atoms with Crippen LogP contribution in [-0.2, 0) is 6.42 Å². The zero-order valence-corrected chi connectivity index (χ0v) is 19.6. The van der Waals surface area contributed by atoms with E-state index in [0.717, 1.165) is 46.3 Å². The fourth-order valence-electron chi connectivity index (χ4n) is 6.05. The van der Waals surface area contributed by atoms with Crippen LogP contribution in [0, 0.1) is 24.1 Å². The Morgan fingerprint density at radius 3 is 2.76 bits per heavy atom. The van der Waals surface area contributed by atoms with Gasteiger partial charge in [0, 0.05) is 29.1 Å². The van der Waals surface area contributed by atoms with Crippen molar-refractivity contribution in [2.75, 3.05) is 0 Å². The summed E-state index contributed by atoms with van der Waals surface area (Å²) >= 11 is 0. The molecular weight excluding hydrogens is 417 g/mol. The molecule has 2 N–H and O–H groups in total. The molecule has 2 heterocycles. The van der Waals surface area contributed by atoms with Gasteiger partial charge in [0.1, 0.15) is 11.6 Å². The highest BCUT2D eigenvalue weighted by molar-refractivity contribution is 5.92. The second-order valence-corrected chi connectivity index (χ2v) is 10.6. The van der Waals surface area contributed by atoms with E-state index in [-0.39, 0.29) is 22.8 Å². The van der Waals surface area contributed by atoms with Crippen molar-refractivity contribution in [1.29, 1.82) is 0 Å². The van der Waals surface area contributed by atoms with E-state index in [1.54, 1.807) is 24.3 Å². The summed E-state index contributed by atoms with van der Waals surface area (Å²) in [6.07, 6.45) is 3.84. The molecule has 0 saturated heterocycles. The first-order chi connectivity index (χ1) is 15.6. The van der Waals surface area contributed by atoms with Gasteiger partial charge in [-0.25, -0.2) is 14.2 Å². The SMILES string of the molecule is Cc1[nH]c2ccc(F)cc2c1Cc1nc2cc(C(=O)O)ccc2n1C1CC(C)CC(C)(C)C1. The number of H-pyrrole nitrogens is 1. The summed E-state index contributed by atoms with van der Waals surface area (Å²) in [5.41, 5.74) is 5.06. The number of aromatic amines is 1. The predicted octanol–water partition coefficient (Wildman–Crippen LogP) is 6.64. The van der Waals surface area contributed by atoms with Gasteiger partial charge < -0.3 is 14.7 Å². The van der Waals surface area contributed by atoms with Gasteiger partial charge in [-0.1, -0.05) is 20.8 Å². The van der Waals surface area contributed by atoms with E-state index < -0.39 is 5.97 Å². The molecule has 2 aromatic carbocycles. The number of aryl methyl sites for hydroxylation is 1. The minimum atomic E-state index is -0.955. The Morgan fingerprint density at radius 1 is 1.24 bits per heavy atom. The number of hydrogen-bond acceptors (Lipinski definition) is 2. The smallest absolute Gasteiger partial charge is 0.335 e. The minimum absolute atomic E-state index is 0.219. The highest BCUT2D eigenvalue weighted by Crippen LogP contribution is 2.45. The zero-order valence-electron chi connectivity index (χ0n) is 19.6. The lowest BCUT2D eigenvalue weighted by atomic mass is 9.70. The van der Waals surface area contributed by atoms with Crippen LogP contribution in [-0.4, -0.2) is 25.6 Å². The van der Waals surface area contributed by atoms with Crippen molar-refractivity contribution >= 4 is 27.9 Å². The van der Waals surface area contributed by atoms with Gasteiger partial charge in [0.15, 0.2) is 0 Å². The lowest BCUT2D eigenvalue weighted by molar-refractivity contribution is 0.0697. The third-order valence-electron chi connectivity index (χ3n) is 7.15. The van der Waals surface area contributed by atoms with Gasteiger partial charge in [-0.05, 0) is 79.5 Å². The Morgan fingerprint density at radius 2 is 2.03 bits per heavy atom. The summed E-state index contributed by atoms with van der Waals surface area (Å²) in [6, 6.07) is 10.3. The van der Waals surface area contributed by atoms with Crippen molar-refractivity contribution in [2.24, 2.45) is 11.3 Å². The van der Waals surface area contributed by atoms with Crippen LogP contribution in [0.1, 0.15) is 73.5 Å². The summed E-state index contributed by atoms with van der Waals surface area (Å²) in [4.78, 5) is 19.9. The van der Waals surface area contributed by atoms with E-state index in [4.69, 9.17) is 4.98 Å². The maximum absolute atomic E-state index is 14.1. The Hall–Kier alpha value is -3.15. The van der Waals surface area contributed by atoms with Crippen LogP contribution in [0.5, 0.6) is 0 Å². The minimum Gasteiger partial charge on any atom is -0.478 e. The summed E-state index contributed by atoms with van der Waals surface area (Å²) in [5, 5.41) is 10.4. The number of rotatable bonds is 4. The van der Waals surface area contributed by atoms with Crippen molar-refractivity contribution in [1.82, 2.24) is 14.5 Å². The second-order valence-electron chi connectivity index (χ2n) is 10.6. The van der Waals surface area contributed by atoms with Crippen molar-refractivity contribution in [3.8, 4) is 0 Å². The lowest BCUT2D eigenvalue weighted by Gasteiger charge is -2.40. The molecule has 2 unspecified atom stereocenters. The van der Waals surface area contributed by atoms with Crippen LogP contribution in [0.15, 0.2) is 36.4 Å². The molecule has 2 atom stereocenters. The Bertz CT molecular complexity index is 1380. The van der Waals surface area contributed by atoms with Crippen LogP contribution >= 0.6 is 0 Å². The van der Waals surface area contributed by atoms with Crippen molar-refractivity contribution in [3.63, 3.8) is 0 Å². The molecule has 33 heavy (non-hydrogen) atoms. The van der Waals surface area contributed by atoms with Crippen molar-refractivity contribution in [3.05, 3.63) is 64.9 Å². The Balaban J connectivity index is 1.68. The summed E-state index contributed by atoms with van der Waals surface area (Å²) in [5.74, 6) is 0.274. The van der Waals surface area contributed by atoms with E-state index in [9.17, 15) is 14.3 Å². The van der Waals surface area contributed by atoms with E-state index in [1.807, 2.05) is 13.0 Å². The quantitative estimate of drug-likeness (QED) is 0.368. The molecule has 1 aliphatic rings. The molecule has 5 rings (SSSR count). The molecule has 0 amide bonds. The number of carboxylic acid groups (broad SMARTS) is 1. The number of halogens is 1. The fraction of sp³-hybridized carbons (Fsp3) is 0.407. The van der Waals surface area contributed by atoms with Crippen LogP contribution < -0.4 is 0 Å². The number of aromatic carboxylic acids is 1. The maximum Gasteiger partial charge on any atom is 0.335 e. The zero-order chi connectivity index (χ0) is 23.5. The highest BCUT2D eigenvalue weighted by Gasteiger charge is 2.34. The molecule has 172 valence electrons. The number of nitrogens with zero attached hydrogens (tertiary/aromatic N) is 2. The Kier molecular flexibility index (Phi) is 5.07. The van der Waals surface area contributed by atoms with Crippen LogP contribution in [0.3, 0.4) is 0 Å².